The van der Waals surface area contributed by atoms with Crippen LogP contribution in [-0.4, -0.2) is 11.9 Å². The smallest absolute Gasteiger partial charge is 0.223 e. The van der Waals surface area contributed by atoms with Gasteiger partial charge in [-0.3, -0.25) is 4.79 Å². The fraction of sp³-hybridized carbons (Fsp3) is 0.650. The minimum Gasteiger partial charge on any atom is -0.349 e. The Morgan fingerprint density at radius 1 is 1.22 bits per heavy atom. The van der Waals surface area contributed by atoms with Crippen LogP contribution in [0.3, 0.4) is 0 Å². The summed E-state index contributed by atoms with van der Waals surface area (Å²) < 4.78 is 0. The lowest BCUT2D eigenvalue weighted by atomic mass is 9.65. The molecule has 0 radical (unpaired) electrons. The van der Waals surface area contributed by atoms with Gasteiger partial charge in [0.2, 0.25) is 5.91 Å². The van der Waals surface area contributed by atoms with Gasteiger partial charge in [-0.15, -0.1) is 0 Å². The second-order valence-corrected chi connectivity index (χ2v) is 7.58. The lowest BCUT2D eigenvalue weighted by molar-refractivity contribution is -0.128. The third kappa shape index (κ3) is 3.60. The molecule has 3 atom stereocenters. The van der Waals surface area contributed by atoms with Gasteiger partial charge < -0.3 is 11.1 Å². The van der Waals surface area contributed by atoms with Crippen molar-refractivity contribution >= 4 is 5.91 Å². The number of aryl methyl sites for hydroxylation is 1. The molecule has 126 valence electrons. The molecule has 2 aliphatic carbocycles. The molecule has 2 aliphatic rings. The van der Waals surface area contributed by atoms with Gasteiger partial charge in [0.05, 0.1) is 6.04 Å². The lowest BCUT2D eigenvalue weighted by Gasteiger charge is -2.43. The summed E-state index contributed by atoms with van der Waals surface area (Å²) in [5.74, 6) is 1.50. The van der Waals surface area contributed by atoms with Crippen molar-refractivity contribution < 1.29 is 4.79 Å². The number of nitrogens with two attached hydrogens (primary N) is 1. The molecule has 0 heterocycles. The number of benzene rings is 1. The molecule has 0 spiro atoms. The van der Waals surface area contributed by atoms with Gasteiger partial charge in [-0.25, -0.2) is 0 Å². The molecule has 2 fully saturated rings. The summed E-state index contributed by atoms with van der Waals surface area (Å²) in [7, 11) is 0. The third-order valence-electron chi connectivity index (χ3n) is 5.99. The van der Waals surface area contributed by atoms with E-state index in [0.717, 1.165) is 19.3 Å². The van der Waals surface area contributed by atoms with Gasteiger partial charge in [0.1, 0.15) is 0 Å². The van der Waals surface area contributed by atoms with Crippen molar-refractivity contribution in [3.05, 3.63) is 35.4 Å². The van der Waals surface area contributed by atoms with Crippen LogP contribution in [0.15, 0.2) is 24.3 Å². The molecule has 0 aromatic heterocycles. The zero-order chi connectivity index (χ0) is 16.4. The maximum absolute atomic E-state index is 12.8. The van der Waals surface area contributed by atoms with Crippen molar-refractivity contribution in [2.24, 2.45) is 23.5 Å². The van der Waals surface area contributed by atoms with Gasteiger partial charge in [0.15, 0.2) is 0 Å². The molecule has 0 saturated heterocycles. The summed E-state index contributed by atoms with van der Waals surface area (Å²) in [6.07, 6.45) is 6.58. The first kappa shape index (κ1) is 16.5. The van der Waals surface area contributed by atoms with E-state index >= 15 is 0 Å². The summed E-state index contributed by atoms with van der Waals surface area (Å²) in [6, 6.07) is 8.96. The van der Waals surface area contributed by atoms with Crippen LogP contribution in [0, 0.1) is 24.7 Å². The summed E-state index contributed by atoms with van der Waals surface area (Å²) in [5, 5.41) is 3.30. The molecule has 23 heavy (non-hydrogen) atoms. The van der Waals surface area contributed by atoms with Crippen LogP contribution in [-0.2, 0) is 4.79 Å². The first-order valence-electron chi connectivity index (χ1n) is 9.21. The normalized spacial score (nSPS) is 31.4. The van der Waals surface area contributed by atoms with Gasteiger partial charge in [0.25, 0.3) is 0 Å². The molecule has 1 aromatic rings. The molecule has 2 bridgehead atoms. The maximum atomic E-state index is 12.8. The largest absolute Gasteiger partial charge is 0.349 e. The predicted molar refractivity (Wildman–Crippen MR) is 93.9 cm³/mol. The standard InChI is InChI=1S/C20H30N2O/c1-3-18(14-9-7-13(2)8-10-14)22-20(23)17-11-15-5-4-6-16(12-17)19(15)21/h7-10,15-19H,3-6,11-12,21H2,1-2H3,(H,22,23). The molecule has 3 rings (SSSR count). The molecule has 0 aliphatic heterocycles. The Hall–Kier alpha value is -1.35. The minimum absolute atomic E-state index is 0.124. The number of carbonyl (C=O) groups is 1. The van der Waals surface area contributed by atoms with Crippen LogP contribution >= 0.6 is 0 Å². The average Bonchev–Trinajstić information content (AvgIpc) is 2.53. The molecule has 3 heteroatoms. The fourth-order valence-corrected chi connectivity index (χ4v) is 4.51. The van der Waals surface area contributed by atoms with E-state index in [1.807, 2.05) is 0 Å². The maximum Gasteiger partial charge on any atom is 0.223 e. The molecule has 2 saturated carbocycles. The molecule has 3 nitrogen and oxygen atoms in total. The summed E-state index contributed by atoms with van der Waals surface area (Å²) in [6.45, 7) is 4.23. The third-order valence-corrected chi connectivity index (χ3v) is 5.99. The average molecular weight is 314 g/mol. The van der Waals surface area contributed by atoms with Crippen molar-refractivity contribution in [3.63, 3.8) is 0 Å². The van der Waals surface area contributed by atoms with E-state index in [1.165, 1.54) is 30.4 Å². The summed E-state index contributed by atoms with van der Waals surface area (Å²) in [4.78, 5) is 12.8. The number of rotatable bonds is 4. The highest BCUT2D eigenvalue weighted by atomic mass is 16.1. The number of fused-ring (bicyclic) bond motifs is 2. The van der Waals surface area contributed by atoms with E-state index in [4.69, 9.17) is 5.73 Å². The fourth-order valence-electron chi connectivity index (χ4n) is 4.51. The Balaban J connectivity index is 1.64. The number of carbonyl (C=O) groups excluding carboxylic acids is 1. The first-order chi connectivity index (χ1) is 11.1. The Morgan fingerprint density at radius 3 is 2.39 bits per heavy atom. The van der Waals surface area contributed by atoms with Gasteiger partial charge in [0, 0.05) is 12.0 Å². The highest BCUT2D eigenvalue weighted by Gasteiger charge is 2.40. The van der Waals surface area contributed by atoms with E-state index in [0.29, 0.717) is 17.9 Å². The van der Waals surface area contributed by atoms with Crippen LogP contribution in [0.5, 0.6) is 0 Å². The number of hydrogen-bond donors (Lipinski definition) is 2. The second-order valence-electron chi connectivity index (χ2n) is 7.58. The van der Waals surface area contributed by atoms with Crippen LogP contribution in [0.1, 0.15) is 62.6 Å². The zero-order valence-electron chi connectivity index (χ0n) is 14.4. The number of nitrogens with one attached hydrogen (secondary N) is 1. The lowest BCUT2D eigenvalue weighted by Crippen LogP contribution is -2.49. The van der Waals surface area contributed by atoms with Crippen LogP contribution in [0.4, 0.5) is 0 Å². The first-order valence-corrected chi connectivity index (χ1v) is 9.21. The van der Waals surface area contributed by atoms with E-state index in [9.17, 15) is 4.79 Å². The van der Waals surface area contributed by atoms with Gasteiger partial charge in [-0.2, -0.15) is 0 Å². The van der Waals surface area contributed by atoms with Gasteiger partial charge >= 0.3 is 0 Å². The molecule has 1 amide bonds. The monoisotopic (exact) mass is 314 g/mol. The number of amides is 1. The van der Waals surface area contributed by atoms with Crippen LogP contribution in [0.2, 0.25) is 0 Å². The predicted octanol–water partition coefficient (Wildman–Crippen LogP) is 3.72. The van der Waals surface area contributed by atoms with Gasteiger partial charge in [-0.1, -0.05) is 43.2 Å². The second kappa shape index (κ2) is 7.04. The van der Waals surface area contributed by atoms with Crippen molar-refractivity contribution in [3.8, 4) is 0 Å². The van der Waals surface area contributed by atoms with E-state index < -0.39 is 0 Å². The number of hydrogen-bond acceptors (Lipinski definition) is 2. The SMILES string of the molecule is CCC(NC(=O)C1CC2CCCC(C1)C2N)c1ccc(C)cc1. The summed E-state index contributed by atoms with van der Waals surface area (Å²) >= 11 is 0. The van der Waals surface area contributed by atoms with Crippen LogP contribution in [0.25, 0.3) is 0 Å². The molecular formula is C20H30N2O. The Labute approximate surface area is 140 Å². The van der Waals surface area contributed by atoms with Crippen LogP contribution < -0.4 is 11.1 Å². The van der Waals surface area contributed by atoms with Crippen molar-refractivity contribution in [1.82, 2.24) is 5.32 Å². The summed E-state index contributed by atoms with van der Waals surface area (Å²) in [5.41, 5.74) is 8.81. The molecule has 1 aromatic carbocycles. The van der Waals surface area contributed by atoms with E-state index in [2.05, 4.69) is 43.4 Å². The van der Waals surface area contributed by atoms with Gasteiger partial charge in [-0.05, 0) is 56.4 Å². The van der Waals surface area contributed by atoms with E-state index in [1.54, 1.807) is 0 Å². The molecule has 3 unspecified atom stereocenters. The molecular weight excluding hydrogens is 284 g/mol. The van der Waals surface area contributed by atoms with E-state index in [-0.39, 0.29) is 17.9 Å². The zero-order valence-corrected chi connectivity index (χ0v) is 14.4. The van der Waals surface area contributed by atoms with Crippen molar-refractivity contribution in [2.45, 2.75) is 64.5 Å². The molecule has 3 N–H and O–H groups in total. The Bertz CT molecular complexity index is 525. The minimum atomic E-state index is 0.124. The topological polar surface area (TPSA) is 55.1 Å². The Morgan fingerprint density at radius 2 is 1.83 bits per heavy atom. The highest BCUT2D eigenvalue weighted by Crippen LogP contribution is 2.42. The highest BCUT2D eigenvalue weighted by molar-refractivity contribution is 5.79. The Kier molecular flexibility index (Phi) is 5.05. The van der Waals surface area contributed by atoms with Crippen molar-refractivity contribution in [1.29, 1.82) is 0 Å². The quantitative estimate of drug-likeness (QED) is 0.890. The van der Waals surface area contributed by atoms with Crippen molar-refractivity contribution in [2.75, 3.05) is 0 Å².